The summed E-state index contributed by atoms with van der Waals surface area (Å²) in [6.45, 7) is 17.8. The van der Waals surface area contributed by atoms with E-state index in [1.54, 1.807) is 18.2 Å². The summed E-state index contributed by atoms with van der Waals surface area (Å²) in [4.78, 5) is 98.7. The Labute approximate surface area is 668 Å². The average molecular weight is 1550 g/mol. The van der Waals surface area contributed by atoms with E-state index in [1.165, 1.54) is 0 Å². The zero-order chi connectivity index (χ0) is 77.5. The first kappa shape index (κ1) is 80.8. The number of aromatic nitrogens is 4. The molecule has 14 nitrogen and oxygen atoms in total. The molecule has 112 heavy (non-hydrogen) atoms. The third-order valence-electron chi connectivity index (χ3n) is 20.9. The number of ether oxygens (including phenoxy) is 5. The van der Waals surface area contributed by atoms with Crippen molar-refractivity contribution in [2.24, 2.45) is 0 Å². The zero-order valence-corrected chi connectivity index (χ0v) is 66.8. The standard InChI is InChI=1S/C97H100N4O10.Cu/c1-9-17-33-61-49-64(55-68(52-61)93(102)107-44-20-12-4)81-85-73-36-25-27-38-75(73)87(98-85)82(65-50-62(34-18-10-2)53-69(56-65)94(103)108-45-21-13-5)89-77-40-29-31-42-79(77)91(100-89)84(67-58-71(96(105)110-47-23-15-7)60-72(59-67)97(106)111-48-24-16-8)92-80-43-32-30-41-78(80)90(101-92)83(88-76-39-28-26-37-74(76)86(81)99-88)66-51-63(35-19-11-3)54-70(57-66)95(104)109-46-22-14-6;/h25-32,36-43,49-60H,9-24,33-35,44-48H2,1-8H3;/q-2;+2. The second kappa shape index (κ2) is 38.0. The van der Waals surface area contributed by atoms with Crippen molar-refractivity contribution >= 4 is 73.5 Å². The molecule has 0 spiro atoms. The van der Waals surface area contributed by atoms with Gasteiger partial charge in [0, 0.05) is 22.3 Å². The van der Waals surface area contributed by atoms with Gasteiger partial charge in [-0.3, -0.25) is 0 Å². The van der Waals surface area contributed by atoms with E-state index in [1.807, 2.05) is 111 Å². The minimum atomic E-state index is -0.615. The smallest absolute Gasteiger partial charge is 0.656 e. The van der Waals surface area contributed by atoms with Crippen LogP contribution in [0.1, 0.15) is 227 Å². The van der Waals surface area contributed by atoms with Crippen LogP contribution in [-0.2, 0) is 60.0 Å². The number of carbonyl (C=O) groups excluding carboxylic acids is 5. The van der Waals surface area contributed by atoms with Crippen molar-refractivity contribution in [2.45, 2.75) is 177 Å². The van der Waals surface area contributed by atoms with Gasteiger partial charge in [-0.2, -0.15) is 0 Å². The van der Waals surface area contributed by atoms with Crippen molar-refractivity contribution in [2.75, 3.05) is 33.0 Å². The third kappa shape index (κ3) is 17.5. The molecule has 579 valence electrons. The van der Waals surface area contributed by atoms with E-state index >= 15 is 0 Å². The van der Waals surface area contributed by atoms with Crippen LogP contribution in [0, 0.1) is 0 Å². The first-order valence-corrected chi connectivity index (χ1v) is 40.5. The van der Waals surface area contributed by atoms with Crippen LogP contribution in [0.4, 0.5) is 0 Å². The molecule has 3 aliphatic rings. The van der Waals surface area contributed by atoms with Crippen LogP contribution in [0.15, 0.2) is 170 Å². The largest absolute Gasteiger partial charge is 2.00 e. The first-order valence-electron chi connectivity index (χ1n) is 40.5. The molecule has 4 heterocycles. The maximum atomic E-state index is 14.9. The topological polar surface area (TPSA) is 185 Å². The Morgan fingerprint density at radius 1 is 0.277 bits per heavy atom. The van der Waals surface area contributed by atoms with Gasteiger partial charge in [-0.1, -0.05) is 222 Å². The quantitative estimate of drug-likeness (QED) is 0.0164. The van der Waals surface area contributed by atoms with E-state index in [0.717, 1.165) is 120 Å². The number of benzene rings is 8. The van der Waals surface area contributed by atoms with Crippen molar-refractivity contribution in [3.63, 3.8) is 0 Å². The summed E-state index contributed by atoms with van der Waals surface area (Å²) in [5.74, 6) is -2.56. The average Bonchev–Trinajstić information content (AvgIpc) is 1.56. The van der Waals surface area contributed by atoms with Crippen LogP contribution in [0.5, 0.6) is 0 Å². The first-order chi connectivity index (χ1) is 54.3. The van der Waals surface area contributed by atoms with Crippen LogP contribution >= 0.6 is 0 Å². The fourth-order valence-corrected chi connectivity index (χ4v) is 15.0. The summed E-state index contributed by atoms with van der Waals surface area (Å²) < 4.78 is 30.5. The molecule has 0 atom stereocenters. The number of carbonyl (C=O) groups is 5. The van der Waals surface area contributed by atoms with Gasteiger partial charge in [0.1, 0.15) is 0 Å². The molecule has 13 rings (SSSR count). The second-order valence-corrected chi connectivity index (χ2v) is 29.2. The molecule has 2 aliphatic heterocycles. The Morgan fingerprint density at radius 2 is 0.491 bits per heavy atom. The molecule has 0 amide bonds. The van der Waals surface area contributed by atoms with Gasteiger partial charge >= 0.3 is 46.9 Å². The van der Waals surface area contributed by atoms with Crippen LogP contribution in [0.2, 0.25) is 0 Å². The molecular weight excluding hydrogens is 1440 g/mol. The van der Waals surface area contributed by atoms with Gasteiger partial charge in [0.25, 0.3) is 0 Å². The van der Waals surface area contributed by atoms with Crippen LogP contribution in [-0.4, -0.2) is 72.8 Å². The number of unbranched alkanes of at least 4 members (excludes halogenated alkanes) is 8. The predicted molar refractivity (Wildman–Crippen MR) is 446 cm³/mol. The summed E-state index contributed by atoms with van der Waals surface area (Å²) in [6.07, 6.45) is 14.7. The molecule has 2 aromatic heterocycles. The number of aryl methyl sites for hydroxylation is 3. The van der Waals surface area contributed by atoms with E-state index in [9.17, 15) is 24.0 Å². The van der Waals surface area contributed by atoms with Crippen molar-refractivity contribution in [1.29, 1.82) is 0 Å². The van der Waals surface area contributed by atoms with Gasteiger partial charge in [-0.25, -0.2) is 33.9 Å². The van der Waals surface area contributed by atoms with Crippen LogP contribution < -0.4 is 9.97 Å². The normalized spacial score (nSPS) is 11.5. The van der Waals surface area contributed by atoms with E-state index in [-0.39, 0.29) is 61.2 Å². The molecule has 0 N–H and O–H groups in total. The van der Waals surface area contributed by atoms with Crippen LogP contribution in [0.25, 0.3) is 133 Å². The van der Waals surface area contributed by atoms with Gasteiger partial charge in [-0.05, 0) is 208 Å². The second-order valence-electron chi connectivity index (χ2n) is 29.2. The molecule has 0 unspecified atom stereocenters. The summed E-state index contributed by atoms with van der Waals surface area (Å²) >= 11 is 0. The minimum Gasteiger partial charge on any atom is -0.656 e. The molecule has 1 aliphatic carbocycles. The molecule has 15 heteroatoms. The molecule has 1 radical (unpaired) electrons. The molecule has 8 aromatic carbocycles. The minimum absolute atomic E-state index is 0. The Morgan fingerprint density at radius 3 is 0.723 bits per heavy atom. The monoisotopic (exact) mass is 1540 g/mol. The number of nitrogens with zero attached hydrogens (tertiary/aromatic N) is 4. The predicted octanol–water partition coefficient (Wildman–Crippen LogP) is 24.0. The number of hydrogen-bond donors (Lipinski definition) is 0. The fraction of sp³-hybridized carbons (Fsp3) is 0.330. The number of rotatable bonds is 33. The summed E-state index contributed by atoms with van der Waals surface area (Å²) in [6, 6.07) is 55.8. The summed E-state index contributed by atoms with van der Waals surface area (Å²) in [5.41, 5.74) is 16.3. The fourth-order valence-electron chi connectivity index (χ4n) is 15.0. The van der Waals surface area contributed by atoms with Gasteiger partial charge in [0.15, 0.2) is 0 Å². The van der Waals surface area contributed by atoms with Gasteiger partial charge in [-0.15, -0.1) is 22.1 Å². The Kier molecular flexibility index (Phi) is 27.4. The zero-order valence-electron chi connectivity index (χ0n) is 65.8. The summed E-state index contributed by atoms with van der Waals surface area (Å²) in [5, 5.41) is 2.99. The van der Waals surface area contributed by atoms with Crippen LogP contribution in [0.3, 0.4) is 0 Å². The molecule has 8 bridgehead atoms. The maximum absolute atomic E-state index is 14.9. The Hall–Kier alpha value is -10.7. The number of esters is 5. The molecular formula is C97H100CuN4O10. The molecule has 0 saturated heterocycles. The third-order valence-corrected chi connectivity index (χ3v) is 20.9. The van der Waals surface area contributed by atoms with Gasteiger partial charge in [0.05, 0.1) is 83.6 Å². The Balaban J connectivity index is 0.0000116. The van der Waals surface area contributed by atoms with Gasteiger partial charge < -0.3 is 33.7 Å². The van der Waals surface area contributed by atoms with Crippen molar-refractivity contribution in [3.05, 3.63) is 214 Å². The molecule has 10 aromatic rings. The maximum Gasteiger partial charge on any atom is 2.00 e. The molecule has 0 saturated carbocycles. The van der Waals surface area contributed by atoms with Crippen molar-refractivity contribution in [1.82, 2.24) is 19.9 Å². The number of hydrogen-bond acceptors (Lipinski definition) is 12. The van der Waals surface area contributed by atoms with E-state index in [0.29, 0.717) is 168 Å². The SMILES string of the molecule is CCCCOC(=O)c1cc(CCCC)cc(-c2c3nc(c(-c4cc(CCCC)cc(C(=O)OCCCC)c4)c4[n-]c(c(-c5cc(C(=O)OCCCC)cc(C(=O)OCCCC)c5)c5nc(c(-c6cc(CCCC)cc(C(=O)OCCCC)c6)c6[n-]c2c2ccccc62)-c2ccccc2-5)c2ccccc42)-c2ccccc2-3)c1.[Cu+2]. The molecule has 0 fully saturated rings. The van der Waals surface area contributed by atoms with Crippen molar-refractivity contribution < 1.29 is 64.7 Å². The van der Waals surface area contributed by atoms with Crippen molar-refractivity contribution in [3.8, 4) is 89.5 Å². The van der Waals surface area contributed by atoms with E-state index in [4.69, 9.17) is 43.6 Å². The Bertz CT molecular complexity index is 5380. The summed E-state index contributed by atoms with van der Waals surface area (Å²) in [7, 11) is 0. The van der Waals surface area contributed by atoms with E-state index in [2.05, 4.69) is 96.1 Å². The van der Waals surface area contributed by atoms with Gasteiger partial charge in [0.2, 0.25) is 0 Å². The van der Waals surface area contributed by atoms with E-state index < -0.39 is 29.8 Å².